The SMILES string of the molecule is CCOC(=O)/C(=C/c1cc(F)c(F)cc1F)N=[N+]=[N-].CCOC(=O)CN=[N+]=[N-].CCOC(=O)c1cc2c(F)cc(F)c(F)c2[nH]1.O=C(O)c1cc2c(F)cc(F)c(F)c2[nH]1.O=Cc1cc(F)c(F)cc1F.[3HH].[U].[V]. The van der Waals surface area contributed by atoms with Crippen LogP contribution in [0.15, 0.2) is 64.5 Å². The largest absolute Gasteiger partial charge is 0.477 e. The van der Waals surface area contributed by atoms with Gasteiger partial charge in [0.15, 0.2) is 52.8 Å². The second-order valence-corrected chi connectivity index (χ2v) is 12.6. The third-order valence-electron chi connectivity index (χ3n) is 7.94. The van der Waals surface area contributed by atoms with Crippen LogP contribution in [-0.2, 0) is 42.4 Å². The zero-order chi connectivity index (χ0) is 53.7. The van der Waals surface area contributed by atoms with E-state index in [1.54, 1.807) is 13.8 Å². The molecule has 6 rings (SSSR count). The van der Waals surface area contributed by atoms with Gasteiger partial charge in [-0.05, 0) is 62.2 Å². The van der Waals surface area contributed by atoms with Crippen LogP contribution in [0.25, 0.3) is 48.8 Å². The minimum absolute atomic E-state index is 0. The molecule has 73 heavy (non-hydrogen) atoms. The molecule has 0 saturated heterocycles. The van der Waals surface area contributed by atoms with Crippen molar-refractivity contribution in [2.75, 3.05) is 26.4 Å². The number of aromatic amines is 2. The van der Waals surface area contributed by atoms with Gasteiger partial charge in [-0.2, -0.15) is 0 Å². The number of hydrogen-bond donors (Lipinski definition) is 3. The molecule has 1 radical (unpaired) electrons. The maximum atomic E-state index is 13.3. The number of carboxylic acids is 1. The van der Waals surface area contributed by atoms with E-state index in [0.29, 0.717) is 43.0 Å². The number of H-pyrrole nitrogens is 2. The predicted molar refractivity (Wildman–Crippen MR) is 224 cm³/mol. The Morgan fingerprint density at radius 3 is 1.47 bits per heavy atom. The van der Waals surface area contributed by atoms with Gasteiger partial charge in [-0.25, -0.2) is 67.1 Å². The smallest absolute Gasteiger partial charge is 0.354 e. The molecular weight excluding hydrogens is 1280 g/mol. The number of carbonyl (C=O) groups is 5. The van der Waals surface area contributed by atoms with Crippen molar-refractivity contribution in [2.45, 2.75) is 20.8 Å². The summed E-state index contributed by atoms with van der Waals surface area (Å²) in [7, 11) is 0. The van der Waals surface area contributed by atoms with E-state index in [-0.39, 0.29) is 99.1 Å². The van der Waals surface area contributed by atoms with Gasteiger partial charge in [0, 0.05) is 102 Å². The van der Waals surface area contributed by atoms with Crippen LogP contribution in [0.5, 0.6) is 0 Å². The van der Waals surface area contributed by atoms with Crippen LogP contribution in [0, 0.1) is 101 Å². The molecule has 0 aliphatic carbocycles. The average Bonchev–Trinajstić information content (AvgIpc) is 3.99. The number of benzene rings is 4. The fourth-order valence-electron chi connectivity index (χ4n) is 4.91. The summed E-state index contributed by atoms with van der Waals surface area (Å²) in [4.78, 5) is 62.6. The van der Waals surface area contributed by atoms with E-state index in [0.717, 1.165) is 18.2 Å². The standard InChI is InChI=1S/C11H8F3N3O2.C11H8F3NO2.C9H4F3NO2.C7H3F3O.C4H7N3O2.U.V.H2/c1-2-19-11(18)10(16-17-15)4-6-3-8(13)9(14)5-7(6)12;1-2-17-11(16)8-3-5-6(12)4-7(13)9(14)10(5)15-8;10-4-2-5(11)7(12)8-3(4)1-6(13-8)9(14)15;8-5-2-7(10)6(9)1-4(5)3-11;1-2-9-4(8)3-6-7-5;;;/h3-5H,2H2,1H3;3-4,15H,2H2,1H3;1-2,13H,(H,14,15);1-3H;2-3H2,1H3;;;1H/b10-4-;;;;;;;/i;;;;;;;1+2. The molecule has 3 N–H and O–H groups in total. The number of nitrogens with zero attached hydrogens (tertiary/aromatic N) is 6. The van der Waals surface area contributed by atoms with E-state index in [9.17, 15) is 76.7 Å². The molecule has 0 atom stereocenters. The Bertz CT molecular complexity index is 3100. The number of hydrogen-bond acceptors (Lipinski definition) is 10. The van der Waals surface area contributed by atoms with Gasteiger partial charge in [0.05, 0.1) is 36.4 Å². The molecule has 387 valence electrons. The molecule has 31 heteroatoms. The number of azide groups is 2. The van der Waals surface area contributed by atoms with Crippen molar-refractivity contribution >= 4 is 58.0 Å². The zero-order valence-electron chi connectivity index (χ0n) is 37.0. The normalized spacial score (nSPS) is 9.99. The van der Waals surface area contributed by atoms with Crippen molar-refractivity contribution in [1.29, 1.82) is 0 Å². The first-order valence-electron chi connectivity index (χ1n) is 19.1. The Balaban J connectivity index is 0. The number of carboxylic acid groups (broad SMARTS) is 1. The summed E-state index contributed by atoms with van der Waals surface area (Å²) in [5.41, 5.74) is 13.2. The molecule has 0 bridgehead atoms. The summed E-state index contributed by atoms with van der Waals surface area (Å²) in [6.07, 6.45) is 0.896. The molecule has 0 spiro atoms. The van der Waals surface area contributed by atoms with Gasteiger partial charge in [0.2, 0.25) is 0 Å². The van der Waals surface area contributed by atoms with Gasteiger partial charge in [-0.3, -0.25) is 9.59 Å². The van der Waals surface area contributed by atoms with E-state index >= 15 is 0 Å². The Labute approximate surface area is 437 Å². The topological polar surface area (TPSA) is 262 Å². The first kappa shape index (κ1) is 65.7. The Kier molecular flexibility index (Phi) is 28.7. The molecule has 2 heterocycles. The molecular formula is C42H32F12N8O9UV. The molecule has 0 aliphatic heterocycles. The monoisotopic (exact) mass is 1310 g/mol. The van der Waals surface area contributed by atoms with Crippen LogP contribution in [0.3, 0.4) is 0 Å². The Morgan fingerprint density at radius 1 is 0.603 bits per heavy atom. The van der Waals surface area contributed by atoms with Crippen LogP contribution in [-0.4, -0.2) is 71.6 Å². The number of halogens is 12. The average molecular weight is 1310 g/mol. The first-order valence-corrected chi connectivity index (χ1v) is 19.1. The third-order valence-corrected chi connectivity index (χ3v) is 7.94. The van der Waals surface area contributed by atoms with Gasteiger partial charge in [0.25, 0.3) is 0 Å². The summed E-state index contributed by atoms with van der Waals surface area (Å²) < 4.78 is 168. The van der Waals surface area contributed by atoms with E-state index < -0.39 is 122 Å². The molecule has 2 aromatic heterocycles. The number of fused-ring (bicyclic) bond motifs is 2. The molecule has 6 aromatic rings. The van der Waals surface area contributed by atoms with Crippen LogP contribution < -0.4 is 0 Å². The molecule has 0 saturated carbocycles. The summed E-state index contributed by atoms with van der Waals surface area (Å²) in [6.45, 7) is 5.05. The van der Waals surface area contributed by atoms with Crippen molar-refractivity contribution in [2.24, 2.45) is 10.2 Å². The number of nitrogens with one attached hydrogen (secondary N) is 2. The van der Waals surface area contributed by atoms with Crippen molar-refractivity contribution in [3.05, 3.63) is 167 Å². The van der Waals surface area contributed by atoms with Crippen molar-refractivity contribution in [1.82, 2.24) is 9.97 Å². The first-order chi connectivity index (χ1) is 33.5. The van der Waals surface area contributed by atoms with Crippen molar-refractivity contribution < 1.29 is 147 Å². The number of aromatic carboxylic acids is 1. The second-order valence-electron chi connectivity index (χ2n) is 12.6. The van der Waals surface area contributed by atoms with Gasteiger partial charge in [0.1, 0.15) is 46.9 Å². The van der Waals surface area contributed by atoms with E-state index in [2.05, 4.69) is 44.2 Å². The van der Waals surface area contributed by atoms with Crippen molar-refractivity contribution in [3.63, 3.8) is 0 Å². The van der Waals surface area contributed by atoms with Gasteiger partial charge in [-0.1, -0.05) is 10.2 Å². The minimum Gasteiger partial charge on any atom is -0.477 e. The Morgan fingerprint density at radius 2 is 1.03 bits per heavy atom. The van der Waals surface area contributed by atoms with Gasteiger partial charge < -0.3 is 29.3 Å². The van der Waals surface area contributed by atoms with Gasteiger partial charge >= 0.3 is 23.9 Å². The molecule has 0 fully saturated rings. The number of carbonyl (C=O) groups excluding carboxylic acids is 4. The third kappa shape index (κ3) is 19.3. The van der Waals surface area contributed by atoms with E-state index in [1.807, 2.05) is 0 Å². The number of aromatic nitrogens is 2. The fraction of sp³-hybridized carbons (Fsp3) is 0.167. The summed E-state index contributed by atoms with van der Waals surface area (Å²) in [5.74, 6) is -18.1. The number of ether oxygens (including phenoxy) is 3. The maximum absolute atomic E-state index is 13.3. The van der Waals surface area contributed by atoms with Crippen LogP contribution in [0.4, 0.5) is 52.7 Å². The quantitative estimate of drug-likeness (QED) is 0.0128. The number of aldehydes is 1. The second kappa shape index (κ2) is 31.9. The van der Waals surface area contributed by atoms with E-state index in [4.69, 9.17) is 16.2 Å². The molecule has 0 amide bonds. The van der Waals surface area contributed by atoms with Crippen molar-refractivity contribution in [3.8, 4) is 0 Å². The van der Waals surface area contributed by atoms with Crippen LogP contribution in [0.1, 0.15) is 59.1 Å². The van der Waals surface area contributed by atoms with Gasteiger partial charge in [-0.15, -0.1) is 0 Å². The summed E-state index contributed by atoms with van der Waals surface area (Å²) in [5, 5.41) is 14.1. The van der Waals surface area contributed by atoms with Crippen LogP contribution >= 0.6 is 0 Å². The molecule has 0 aliphatic rings. The Hall–Kier alpha value is -7.33. The zero-order valence-corrected chi connectivity index (χ0v) is 42.5. The summed E-state index contributed by atoms with van der Waals surface area (Å²) >= 11 is 0. The number of esters is 3. The summed E-state index contributed by atoms with van der Waals surface area (Å²) in [6, 6.07) is 4.51. The van der Waals surface area contributed by atoms with E-state index in [1.165, 1.54) is 6.92 Å². The molecule has 0 unspecified atom stereocenters. The van der Waals surface area contributed by atoms with Crippen LogP contribution in [0.2, 0.25) is 0 Å². The maximum Gasteiger partial charge on any atom is 0.354 e. The number of rotatable bonds is 11. The fourth-order valence-corrected chi connectivity index (χ4v) is 4.91. The molecule has 4 aromatic carbocycles. The molecule has 17 nitrogen and oxygen atoms in total. The minimum atomic E-state index is -1.37. The predicted octanol–water partition coefficient (Wildman–Crippen LogP) is 11.4.